The third kappa shape index (κ3) is 4.56. The van der Waals surface area contributed by atoms with Crippen molar-refractivity contribution < 1.29 is 19.0 Å². The quantitative estimate of drug-likeness (QED) is 0.851. The van der Waals surface area contributed by atoms with Crippen molar-refractivity contribution in [2.24, 2.45) is 5.92 Å². The van der Waals surface area contributed by atoms with E-state index in [4.69, 9.17) is 16.3 Å². The maximum absolute atomic E-state index is 13.3. The first-order chi connectivity index (χ1) is 12.0. The molecule has 0 spiro atoms. The van der Waals surface area contributed by atoms with Crippen molar-refractivity contribution in [3.63, 3.8) is 0 Å². The van der Waals surface area contributed by atoms with E-state index in [2.05, 4.69) is 10.4 Å². The number of rotatable bonds is 5. The topological polar surface area (TPSA) is 76.4 Å². The Hall–Kier alpha value is -1.96. The zero-order valence-corrected chi connectivity index (χ0v) is 14.2. The van der Waals surface area contributed by atoms with Gasteiger partial charge in [-0.15, -0.1) is 0 Å². The first-order valence-corrected chi connectivity index (χ1v) is 8.44. The number of hydrogen-bond donors (Lipinski definition) is 2. The molecule has 1 saturated heterocycles. The van der Waals surface area contributed by atoms with Crippen molar-refractivity contribution in [1.29, 1.82) is 0 Å². The largest absolute Gasteiger partial charge is 0.383 e. The van der Waals surface area contributed by atoms with Crippen LogP contribution in [-0.4, -0.2) is 40.1 Å². The maximum Gasteiger partial charge on any atom is 0.253 e. The lowest BCUT2D eigenvalue weighted by Crippen LogP contribution is -2.37. The zero-order valence-electron chi connectivity index (χ0n) is 13.5. The molecule has 134 valence electrons. The molecule has 2 heterocycles. The highest BCUT2D eigenvalue weighted by Crippen LogP contribution is 2.21. The lowest BCUT2D eigenvalue weighted by molar-refractivity contribution is -0.128. The molecule has 0 saturated carbocycles. The third-order valence-corrected chi connectivity index (χ3v) is 4.59. The Morgan fingerprint density at radius 3 is 3.00 bits per heavy atom. The number of nitrogens with one attached hydrogen (secondary N) is 1. The summed E-state index contributed by atoms with van der Waals surface area (Å²) < 4.78 is 20.1. The number of anilines is 1. The number of ether oxygens (including phenoxy) is 1. The highest BCUT2D eigenvalue weighted by Gasteiger charge is 2.28. The Morgan fingerprint density at radius 2 is 2.24 bits per heavy atom. The van der Waals surface area contributed by atoms with Crippen molar-refractivity contribution >= 4 is 23.2 Å². The fourth-order valence-electron chi connectivity index (χ4n) is 2.82. The van der Waals surface area contributed by atoms with Crippen LogP contribution in [-0.2, 0) is 16.1 Å². The SMILES string of the molecule is O=C(Nc1cnn(Cc2cc(F)ccc2Cl)c1)[C@@H](O)C1CCOCC1. The summed E-state index contributed by atoms with van der Waals surface area (Å²) in [6.45, 7) is 1.39. The first-order valence-electron chi connectivity index (χ1n) is 8.06. The van der Waals surface area contributed by atoms with Gasteiger partial charge in [-0.05, 0) is 42.5 Å². The van der Waals surface area contributed by atoms with Crippen molar-refractivity contribution in [2.45, 2.75) is 25.5 Å². The summed E-state index contributed by atoms with van der Waals surface area (Å²) in [5.74, 6) is -0.940. The number of nitrogens with zero attached hydrogens (tertiary/aromatic N) is 2. The van der Waals surface area contributed by atoms with E-state index in [9.17, 15) is 14.3 Å². The van der Waals surface area contributed by atoms with Crippen LogP contribution in [0.3, 0.4) is 0 Å². The second-order valence-electron chi connectivity index (χ2n) is 6.05. The number of hydrogen-bond acceptors (Lipinski definition) is 4. The van der Waals surface area contributed by atoms with E-state index in [-0.39, 0.29) is 18.3 Å². The maximum atomic E-state index is 13.3. The third-order valence-electron chi connectivity index (χ3n) is 4.22. The second-order valence-corrected chi connectivity index (χ2v) is 6.45. The Morgan fingerprint density at radius 1 is 1.48 bits per heavy atom. The van der Waals surface area contributed by atoms with E-state index in [1.54, 1.807) is 6.20 Å². The minimum Gasteiger partial charge on any atom is -0.383 e. The van der Waals surface area contributed by atoms with E-state index >= 15 is 0 Å². The Kier molecular flexibility index (Phi) is 5.67. The molecule has 2 aromatic rings. The molecule has 0 aliphatic carbocycles. The van der Waals surface area contributed by atoms with Crippen LogP contribution in [0.1, 0.15) is 18.4 Å². The van der Waals surface area contributed by atoms with Gasteiger partial charge in [0.2, 0.25) is 0 Å². The van der Waals surface area contributed by atoms with E-state index in [0.717, 1.165) is 0 Å². The summed E-state index contributed by atoms with van der Waals surface area (Å²) in [7, 11) is 0. The van der Waals surface area contributed by atoms with Crippen LogP contribution in [0.4, 0.5) is 10.1 Å². The molecule has 0 bridgehead atoms. The van der Waals surface area contributed by atoms with E-state index in [1.807, 2.05) is 0 Å². The molecule has 1 amide bonds. The standard InChI is InChI=1S/C17H19ClFN3O3/c18-15-2-1-13(19)7-12(15)9-22-10-14(8-20-22)21-17(24)16(23)11-3-5-25-6-4-11/h1-2,7-8,10-11,16,23H,3-6,9H2,(H,21,24)/t16-/m0/s1. The first kappa shape index (κ1) is 17.8. The smallest absolute Gasteiger partial charge is 0.253 e. The van der Waals surface area contributed by atoms with Gasteiger partial charge in [0.15, 0.2) is 0 Å². The predicted octanol–water partition coefficient (Wildman–Crippen LogP) is 2.45. The molecule has 0 radical (unpaired) electrons. The van der Waals surface area contributed by atoms with Gasteiger partial charge >= 0.3 is 0 Å². The second kappa shape index (κ2) is 7.95. The highest BCUT2D eigenvalue weighted by molar-refractivity contribution is 6.31. The molecule has 1 aliphatic rings. The fourth-order valence-corrected chi connectivity index (χ4v) is 2.99. The number of amides is 1. The average Bonchev–Trinajstić information content (AvgIpc) is 3.05. The minimum atomic E-state index is -1.08. The average molecular weight is 368 g/mol. The van der Waals surface area contributed by atoms with Crippen LogP contribution in [0.15, 0.2) is 30.6 Å². The van der Waals surface area contributed by atoms with Crippen molar-refractivity contribution in [3.8, 4) is 0 Å². The number of carbonyl (C=O) groups is 1. The van der Waals surface area contributed by atoms with Gasteiger partial charge in [0.1, 0.15) is 11.9 Å². The lowest BCUT2D eigenvalue weighted by Gasteiger charge is -2.25. The minimum absolute atomic E-state index is 0.102. The van der Waals surface area contributed by atoms with Gasteiger partial charge in [-0.3, -0.25) is 9.48 Å². The summed E-state index contributed by atoms with van der Waals surface area (Å²) in [5, 5.41) is 17.4. The molecule has 25 heavy (non-hydrogen) atoms. The Bertz CT molecular complexity index is 746. The summed E-state index contributed by atoms with van der Waals surface area (Å²) in [4.78, 5) is 12.2. The van der Waals surface area contributed by atoms with Gasteiger partial charge < -0.3 is 15.2 Å². The molecule has 2 N–H and O–H groups in total. The van der Waals surface area contributed by atoms with Crippen LogP contribution >= 0.6 is 11.6 Å². The summed E-state index contributed by atoms with van der Waals surface area (Å²) in [5.41, 5.74) is 1.05. The molecular weight excluding hydrogens is 349 g/mol. The van der Waals surface area contributed by atoms with Crippen LogP contribution < -0.4 is 5.32 Å². The van der Waals surface area contributed by atoms with Gasteiger partial charge in [0, 0.05) is 24.4 Å². The zero-order chi connectivity index (χ0) is 17.8. The van der Waals surface area contributed by atoms with Gasteiger partial charge in [0.25, 0.3) is 5.91 Å². The molecule has 1 atom stereocenters. The number of aliphatic hydroxyl groups excluding tert-OH is 1. The van der Waals surface area contributed by atoms with Gasteiger partial charge in [-0.1, -0.05) is 11.6 Å². The number of carbonyl (C=O) groups excluding carboxylic acids is 1. The number of aromatic nitrogens is 2. The van der Waals surface area contributed by atoms with Crippen LogP contribution in [0, 0.1) is 11.7 Å². The molecule has 1 fully saturated rings. The highest BCUT2D eigenvalue weighted by atomic mass is 35.5. The molecule has 1 aromatic heterocycles. The van der Waals surface area contributed by atoms with E-state index in [0.29, 0.717) is 42.3 Å². The van der Waals surface area contributed by atoms with E-state index < -0.39 is 12.0 Å². The van der Waals surface area contributed by atoms with Crippen molar-refractivity contribution in [1.82, 2.24) is 9.78 Å². The summed E-state index contributed by atoms with van der Waals surface area (Å²) in [6.07, 6.45) is 3.32. The normalized spacial score (nSPS) is 16.6. The number of benzene rings is 1. The van der Waals surface area contributed by atoms with Crippen LogP contribution in [0.5, 0.6) is 0 Å². The molecule has 6 nitrogen and oxygen atoms in total. The molecule has 0 unspecified atom stereocenters. The number of halogens is 2. The van der Waals surface area contributed by atoms with Gasteiger partial charge in [-0.2, -0.15) is 5.10 Å². The molecular formula is C17H19ClFN3O3. The molecule has 3 rings (SSSR count). The van der Waals surface area contributed by atoms with Crippen LogP contribution in [0.2, 0.25) is 5.02 Å². The summed E-state index contributed by atoms with van der Waals surface area (Å²) >= 11 is 6.04. The van der Waals surface area contributed by atoms with Gasteiger partial charge in [0.05, 0.1) is 18.4 Å². The van der Waals surface area contributed by atoms with Gasteiger partial charge in [-0.25, -0.2) is 4.39 Å². The molecule has 1 aliphatic heterocycles. The Balaban J connectivity index is 1.61. The Labute approximate surface area is 149 Å². The molecule has 1 aromatic carbocycles. The lowest BCUT2D eigenvalue weighted by atomic mass is 9.93. The van der Waals surface area contributed by atoms with Crippen molar-refractivity contribution in [3.05, 3.63) is 47.0 Å². The van der Waals surface area contributed by atoms with Crippen LogP contribution in [0.25, 0.3) is 0 Å². The number of aliphatic hydroxyl groups is 1. The summed E-state index contributed by atoms with van der Waals surface area (Å²) in [6, 6.07) is 4.12. The fraction of sp³-hybridized carbons (Fsp3) is 0.412. The predicted molar refractivity (Wildman–Crippen MR) is 90.9 cm³/mol. The van der Waals surface area contributed by atoms with E-state index in [1.165, 1.54) is 29.1 Å². The van der Waals surface area contributed by atoms with Crippen molar-refractivity contribution in [2.75, 3.05) is 18.5 Å². The molecule has 8 heteroatoms. The monoisotopic (exact) mass is 367 g/mol.